The van der Waals surface area contributed by atoms with Crippen LogP contribution >= 0.6 is 11.8 Å². The molecule has 2 N–H and O–H groups in total. The second-order valence-electron chi connectivity index (χ2n) is 3.80. The van der Waals surface area contributed by atoms with E-state index in [2.05, 4.69) is 17.1 Å². The Morgan fingerprint density at radius 2 is 1.83 bits per heavy atom. The molecule has 0 bridgehead atoms. The van der Waals surface area contributed by atoms with E-state index < -0.39 is 0 Å². The predicted octanol–water partition coefficient (Wildman–Crippen LogP) is 2.88. The number of nitrogens with zero attached hydrogens (tertiary/aromatic N) is 1. The molecule has 0 saturated carbocycles. The highest BCUT2D eigenvalue weighted by molar-refractivity contribution is 7.99. The molecular formula is C14H16N2OS. The molecule has 0 fully saturated rings. The number of rotatable bonds is 5. The second kappa shape index (κ2) is 6.42. The summed E-state index contributed by atoms with van der Waals surface area (Å²) in [5.41, 5.74) is 7.06. The van der Waals surface area contributed by atoms with Gasteiger partial charge in [-0.1, -0.05) is 12.1 Å². The highest BCUT2D eigenvalue weighted by atomic mass is 32.2. The summed E-state index contributed by atoms with van der Waals surface area (Å²) in [7, 11) is 1.67. The first-order valence-electron chi connectivity index (χ1n) is 5.74. The van der Waals surface area contributed by atoms with Crippen LogP contribution in [0.2, 0.25) is 0 Å². The number of hydrogen-bond acceptors (Lipinski definition) is 4. The normalized spacial score (nSPS) is 12.1. The van der Waals surface area contributed by atoms with Crippen molar-refractivity contribution in [2.45, 2.75) is 10.1 Å². The molecule has 94 valence electrons. The number of methoxy groups -OCH3 is 1. The van der Waals surface area contributed by atoms with Crippen LogP contribution in [0.15, 0.2) is 53.7 Å². The van der Waals surface area contributed by atoms with Crippen molar-refractivity contribution >= 4 is 11.8 Å². The molecule has 3 nitrogen and oxygen atoms in total. The minimum atomic E-state index is 0.248. The number of thioether (sulfide) groups is 1. The van der Waals surface area contributed by atoms with E-state index in [4.69, 9.17) is 10.5 Å². The average molecular weight is 260 g/mol. The molecule has 0 aliphatic heterocycles. The highest BCUT2D eigenvalue weighted by Crippen LogP contribution is 2.34. The minimum absolute atomic E-state index is 0.248. The van der Waals surface area contributed by atoms with Crippen molar-refractivity contribution in [2.75, 3.05) is 13.7 Å². The smallest absolute Gasteiger partial charge is 0.118 e. The first-order chi connectivity index (χ1) is 8.83. The summed E-state index contributed by atoms with van der Waals surface area (Å²) in [6, 6.07) is 12.0. The Kier molecular flexibility index (Phi) is 4.61. The number of hydrogen-bond donors (Lipinski definition) is 1. The van der Waals surface area contributed by atoms with E-state index in [0.717, 1.165) is 5.75 Å². The van der Waals surface area contributed by atoms with Crippen LogP contribution in [0.25, 0.3) is 0 Å². The Labute approximate surface area is 111 Å². The minimum Gasteiger partial charge on any atom is -0.497 e. The van der Waals surface area contributed by atoms with E-state index in [1.165, 1.54) is 10.5 Å². The first-order valence-corrected chi connectivity index (χ1v) is 6.62. The van der Waals surface area contributed by atoms with Crippen LogP contribution in [-0.2, 0) is 0 Å². The molecule has 1 atom stereocenters. The lowest BCUT2D eigenvalue weighted by Gasteiger charge is -2.15. The summed E-state index contributed by atoms with van der Waals surface area (Å²) in [6.45, 7) is 0.597. The van der Waals surface area contributed by atoms with E-state index in [-0.39, 0.29) is 5.25 Å². The van der Waals surface area contributed by atoms with E-state index in [9.17, 15) is 0 Å². The van der Waals surface area contributed by atoms with Gasteiger partial charge < -0.3 is 10.5 Å². The first kappa shape index (κ1) is 12.9. The predicted molar refractivity (Wildman–Crippen MR) is 74.9 cm³/mol. The van der Waals surface area contributed by atoms with Gasteiger partial charge in [0.2, 0.25) is 0 Å². The van der Waals surface area contributed by atoms with Crippen LogP contribution in [0.1, 0.15) is 10.8 Å². The molecule has 0 radical (unpaired) electrons. The van der Waals surface area contributed by atoms with Gasteiger partial charge in [0.15, 0.2) is 0 Å². The number of pyridine rings is 1. The molecule has 1 heterocycles. The summed E-state index contributed by atoms with van der Waals surface area (Å²) in [5.74, 6) is 0.864. The van der Waals surface area contributed by atoms with Crippen LogP contribution in [0.5, 0.6) is 5.75 Å². The Morgan fingerprint density at radius 1 is 1.17 bits per heavy atom. The van der Waals surface area contributed by atoms with Crippen LogP contribution < -0.4 is 10.5 Å². The fraction of sp³-hybridized carbons (Fsp3) is 0.214. The molecular weight excluding hydrogens is 244 g/mol. The van der Waals surface area contributed by atoms with Crippen molar-refractivity contribution in [3.05, 3.63) is 54.4 Å². The number of benzene rings is 1. The maximum atomic E-state index is 5.86. The molecule has 2 rings (SSSR count). The Hall–Kier alpha value is -1.52. The standard InChI is InChI=1S/C14H16N2OS/c1-17-12-4-2-11(3-5-12)14(10-15)18-13-6-8-16-9-7-13/h2-9,14H,10,15H2,1H3. The lowest BCUT2D eigenvalue weighted by atomic mass is 10.1. The Morgan fingerprint density at radius 3 is 2.39 bits per heavy atom. The lowest BCUT2D eigenvalue weighted by Crippen LogP contribution is -2.09. The monoisotopic (exact) mass is 260 g/mol. The van der Waals surface area contributed by atoms with Crippen molar-refractivity contribution < 1.29 is 4.74 Å². The van der Waals surface area contributed by atoms with Gasteiger partial charge in [-0.15, -0.1) is 11.8 Å². The molecule has 0 spiro atoms. The van der Waals surface area contributed by atoms with Gasteiger partial charge >= 0.3 is 0 Å². The molecule has 1 aromatic heterocycles. The second-order valence-corrected chi connectivity index (χ2v) is 5.07. The Balaban J connectivity index is 2.12. The molecule has 4 heteroatoms. The molecule has 0 aliphatic carbocycles. The third-order valence-corrected chi connectivity index (χ3v) is 3.92. The zero-order chi connectivity index (χ0) is 12.8. The number of nitrogens with two attached hydrogens (primary N) is 1. The van der Waals surface area contributed by atoms with Crippen molar-refractivity contribution in [1.29, 1.82) is 0 Å². The van der Waals surface area contributed by atoms with Crippen LogP contribution in [-0.4, -0.2) is 18.6 Å². The number of aromatic nitrogens is 1. The maximum absolute atomic E-state index is 5.86. The highest BCUT2D eigenvalue weighted by Gasteiger charge is 2.11. The van der Waals surface area contributed by atoms with Gasteiger partial charge in [0, 0.05) is 29.1 Å². The Bertz CT molecular complexity index is 473. The molecule has 1 aromatic carbocycles. The molecule has 18 heavy (non-hydrogen) atoms. The van der Waals surface area contributed by atoms with Crippen LogP contribution in [0.4, 0.5) is 0 Å². The van der Waals surface area contributed by atoms with Crippen molar-refractivity contribution in [3.8, 4) is 5.75 Å². The third kappa shape index (κ3) is 3.24. The van der Waals surface area contributed by atoms with Gasteiger partial charge in [0.1, 0.15) is 5.75 Å². The van der Waals surface area contributed by atoms with E-state index in [1.807, 2.05) is 24.3 Å². The lowest BCUT2D eigenvalue weighted by molar-refractivity contribution is 0.414. The van der Waals surface area contributed by atoms with E-state index >= 15 is 0 Å². The van der Waals surface area contributed by atoms with Crippen molar-refractivity contribution in [2.24, 2.45) is 5.73 Å². The van der Waals surface area contributed by atoms with Crippen LogP contribution in [0.3, 0.4) is 0 Å². The van der Waals surface area contributed by atoms with E-state index in [1.54, 1.807) is 31.3 Å². The largest absolute Gasteiger partial charge is 0.497 e. The summed E-state index contributed by atoms with van der Waals surface area (Å²) in [5, 5.41) is 0.248. The van der Waals surface area contributed by atoms with Gasteiger partial charge in [-0.2, -0.15) is 0 Å². The van der Waals surface area contributed by atoms with Gasteiger partial charge in [-0.3, -0.25) is 4.98 Å². The maximum Gasteiger partial charge on any atom is 0.118 e. The van der Waals surface area contributed by atoms with E-state index in [0.29, 0.717) is 6.54 Å². The van der Waals surface area contributed by atoms with Gasteiger partial charge in [-0.25, -0.2) is 0 Å². The van der Waals surface area contributed by atoms with Crippen LogP contribution in [0, 0.1) is 0 Å². The fourth-order valence-corrected chi connectivity index (χ4v) is 2.65. The zero-order valence-electron chi connectivity index (χ0n) is 10.2. The van der Waals surface area contributed by atoms with Gasteiger partial charge in [0.25, 0.3) is 0 Å². The number of ether oxygens (including phenoxy) is 1. The molecule has 0 amide bonds. The van der Waals surface area contributed by atoms with Crippen molar-refractivity contribution in [3.63, 3.8) is 0 Å². The summed E-state index contributed by atoms with van der Waals surface area (Å²) in [6.07, 6.45) is 3.59. The quantitative estimate of drug-likeness (QED) is 0.840. The van der Waals surface area contributed by atoms with Crippen molar-refractivity contribution in [1.82, 2.24) is 4.98 Å². The topological polar surface area (TPSA) is 48.1 Å². The fourth-order valence-electron chi connectivity index (χ4n) is 1.65. The summed E-state index contributed by atoms with van der Waals surface area (Å²) >= 11 is 1.75. The SMILES string of the molecule is COc1ccc(C(CN)Sc2ccncc2)cc1. The molecule has 2 aromatic rings. The molecule has 0 saturated heterocycles. The molecule has 1 unspecified atom stereocenters. The van der Waals surface area contributed by atoms with Gasteiger partial charge in [0.05, 0.1) is 7.11 Å². The average Bonchev–Trinajstić information content (AvgIpc) is 2.46. The third-order valence-electron chi connectivity index (χ3n) is 2.63. The van der Waals surface area contributed by atoms with Gasteiger partial charge in [-0.05, 0) is 29.8 Å². The summed E-state index contributed by atoms with van der Waals surface area (Å²) in [4.78, 5) is 5.19. The molecule has 0 aliphatic rings. The zero-order valence-corrected chi connectivity index (χ0v) is 11.1. The summed E-state index contributed by atoms with van der Waals surface area (Å²) < 4.78 is 5.15.